The van der Waals surface area contributed by atoms with E-state index in [-0.39, 0.29) is 66.0 Å². The average molecular weight is 1480 g/mol. The predicted octanol–water partition coefficient (Wildman–Crippen LogP) is 18.9. The van der Waals surface area contributed by atoms with Crippen LogP contribution in [0.3, 0.4) is 0 Å². The molecule has 496 valence electrons. The molecule has 0 unspecified atom stereocenters. The minimum absolute atomic E-state index is 0.339. The largest absolute Gasteiger partial charge is 0.325 e. The van der Waals surface area contributed by atoms with Crippen LogP contribution in [0.15, 0.2) is 0 Å². The molecule has 16 nitrogen and oxygen atoms in total. The first-order valence-corrected chi connectivity index (χ1v) is 50.1. The summed E-state index contributed by atoms with van der Waals surface area (Å²) in [6.45, 7) is 50.2. The van der Waals surface area contributed by atoms with Gasteiger partial charge in [0.05, 0.1) is 52.9 Å². The summed E-state index contributed by atoms with van der Waals surface area (Å²) in [6.07, 6.45) is 0. The highest BCUT2D eigenvalue weighted by molar-refractivity contribution is 8.29. The second-order valence-electron chi connectivity index (χ2n) is 34.5. The van der Waals surface area contributed by atoms with Gasteiger partial charge in [-0.1, -0.05) is 55.4 Å². The fourth-order valence-corrected chi connectivity index (χ4v) is 74.1. The summed E-state index contributed by atoms with van der Waals surface area (Å²) in [7, 11) is 0. The molecule has 0 aromatic carbocycles. The summed E-state index contributed by atoms with van der Waals surface area (Å²) in [5.74, 6) is 0. The fraction of sp³-hybridized carbons (Fsp3) is 1.00. The number of rotatable bonds is 0. The van der Waals surface area contributed by atoms with Crippen LogP contribution in [0.1, 0.15) is 222 Å². The van der Waals surface area contributed by atoms with Gasteiger partial charge < -0.3 is 36.2 Å². The Labute approximate surface area is 554 Å². The first-order valence-electron chi connectivity index (χ1n) is 29.0. The molecule has 12 rings (SSSR count). The Bertz CT molecular complexity index is 2290. The molecule has 12 saturated heterocycles. The van der Waals surface area contributed by atoms with Crippen molar-refractivity contribution in [2.24, 2.45) is 21.7 Å². The lowest BCUT2D eigenvalue weighted by molar-refractivity contribution is 0.0582. The van der Waals surface area contributed by atoms with Gasteiger partial charge in [-0.05, 0) is 261 Å². The van der Waals surface area contributed by atoms with Crippen molar-refractivity contribution in [3.8, 4) is 0 Å². The Morgan fingerprint density at radius 2 is 0.274 bits per heavy atom. The van der Waals surface area contributed by atoms with E-state index in [1.165, 1.54) is 0 Å². The van der Waals surface area contributed by atoms with E-state index in [0.29, 0.717) is 52.9 Å². The lowest BCUT2D eigenvalue weighted by atomic mass is 9.97. The number of nitrogens with zero attached hydrogens (tertiary/aromatic N) is 8. The first-order chi connectivity index (χ1) is 36.6. The molecule has 0 radical (unpaired) electrons. The van der Waals surface area contributed by atoms with Crippen LogP contribution < -0.4 is 0 Å². The van der Waals surface area contributed by atoms with E-state index >= 15 is 0 Å². The lowest BCUT2D eigenvalue weighted by Gasteiger charge is -2.68. The summed E-state index contributed by atoms with van der Waals surface area (Å²) in [4.78, 5) is 0. The lowest BCUT2D eigenvalue weighted by Crippen LogP contribution is -2.59. The topological polar surface area (TPSA) is 99.8 Å². The smallest absolute Gasteiger partial charge is 0.218 e. The highest BCUT2D eigenvalue weighted by atomic mass is 32.5. The molecule has 0 saturated carbocycles. The summed E-state index contributed by atoms with van der Waals surface area (Å²) in [5, 5.41) is 0. The van der Waals surface area contributed by atoms with E-state index in [2.05, 4.69) is 257 Å². The normalized spacial score (nSPS) is 38.5. The van der Waals surface area contributed by atoms with Gasteiger partial charge in [-0.2, -0.15) is 35.5 Å². The zero-order valence-electron chi connectivity index (χ0n) is 57.3. The van der Waals surface area contributed by atoms with Crippen LogP contribution in [0.4, 0.5) is 0 Å². The molecule has 84 heavy (non-hydrogen) atoms. The second-order valence-corrected chi connectivity index (χ2v) is 64.7. The van der Waals surface area contributed by atoms with E-state index < -0.39 is 52.5 Å². The van der Waals surface area contributed by atoms with Crippen LogP contribution in [0.25, 0.3) is 0 Å². The van der Waals surface area contributed by atoms with E-state index in [9.17, 15) is 0 Å². The van der Waals surface area contributed by atoms with Crippen molar-refractivity contribution in [3.63, 3.8) is 0 Å². The van der Waals surface area contributed by atoms with Gasteiger partial charge in [-0.25, -0.2) is 0 Å². The monoisotopic (exact) mass is 1480 g/mol. The Morgan fingerprint density at radius 3 is 0.333 bits per heavy atom. The fourth-order valence-electron chi connectivity index (χ4n) is 10.8. The van der Waals surface area contributed by atoms with Crippen LogP contribution >= 0.6 is 52.5 Å². The van der Waals surface area contributed by atoms with Crippen LogP contribution in [0, 0.1) is 21.7 Å². The van der Waals surface area contributed by atoms with Gasteiger partial charge in [-0.3, -0.25) is 0 Å². The highest BCUT2D eigenvalue weighted by Crippen LogP contribution is 2.95. The van der Waals surface area contributed by atoms with Crippen molar-refractivity contribution in [1.29, 1.82) is 0 Å². The molecule has 0 aliphatic carbocycles. The molecule has 0 N–H and O–H groups in total. The van der Waals surface area contributed by atoms with Crippen LogP contribution in [-0.2, 0) is 131 Å². The molecular weight excluding hydrogens is 1370 g/mol. The molecule has 0 atom stereocenters. The third-order valence-electron chi connectivity index (χ3n) is 13.6. The number of hydrogen-bond acceptors (Lipinski definition) is 16. The van der Waals surface area contributed by atoms with Gasteiger partial charge in [-0.15, -0.1) is 0 Å². The predicted molar refractivity (Wildman–Crippen MR) is 390 cm³/mol. The van der Waals surface area contributed by atoms with Gasteiger partial charge in [0.1, 0.15) is 0 Å². The first kappa shape index (κ1) is 79.3. The van der Waals surface area contributed by atoms with Gasteiger partial charge in [0, 0.05) is 66.0 Å². The Hall–Kier alpha value is 4.56. The van der Waals surface area contributed by atoms with E-state index in [1.54, 1.807) is 0 Å². The van der Waals surface area contributed by atoms with Crippen LogP contribution in [-0.4, -0.2) is 133 Å². The maximum absolute atomic E-state index is 6.89. The van der Waals surface area contributed by atoms with Gasteiger partial charge in [0.2, 0.25) is 52.5 Å². The maximum atomic E-state index is 6.89. The molecule has 0 spiro atoms. The molecule has 12 heterocycles. The second kappa shape index (κ2) is 24.2. The van der Waals surface area contributed by atoms with Gasteiger partial charge in [0.25, 0.3) is 0 Å². The molecule has 12 aliphatic rings. The molecule has 0 aromatic heterocycles. The summed E-state index contributed by atoms with van der Waals surface area (Å²) >= 11 is 51.9. The number of hydrogen-bond donors (Lipinski definition) is 0. The standard InChI is InChI=1S/2C26H56N4O4P4S4/c2*1-21(2,3)27-35(39)28(22(4,5)6)36(27,40)32-18-26(15,16)20-34-38(42)29(23(7,8)9)37(41,30(38)24(10,11)12)33-19-25(13,14)17-31-35/h2*17-20H2,1-16H3. The van der Waals surface area contributed by atoms with Crippen LogP contribution in [0.5, 0.6) is 0 Å². The van der Waals surface area contributed by atoms with Crippen LogP contribution in [0.2, 0.25) is 0 Å². The zero-order chi connectivity index (χ0) is 65.9. The molecule has 12 aliphatic heterocycles. The van der Waals surface area contributed by atoms with Gasteiger partial charge >= 0.3 is 0 Å². The highest BCUT2D eigenvalue weighted by Gasteiger charge is 2.72. The molecular formula is C52H112N8O8P8S8. The Kier molecular flexibility index (Phi) is 22.9. The van der Waals surface area contributed by atoms with E-state index in [4.69, 9.17) is 131 Å². The van der Waals surface area contributed by atoms with Crippen molar-refractivity contribution < 1.29 is 36.2 Å². The van der Waals surface area contributed by atoms with Crippen molar-refractivity contribution in [1.82, 2.24) is 35.5 Å². The van der Waals surface area contributed by atoms with Crippen molar-refractivity contribution >= 4 is 147 Å². The van der Waals surface area contributed by atoms with Gasteiger partial charge in [0.15, 0.2) is 0 Å². The molecule has 12 fully saturated rings. The Balaban J connectivity index is 0.000000307. The average Bonchev–Trinajstić information content (AvgIpc) is 3.18. The summed E-state index contributed by atoms with van der Waals surface area (Å²) in [5.41, 5.74) is -4.23. The van der Waals surface area contributed by atoms with Crippen molar-refractivity contribution in [3.05, 3.63) is 0 Å². The maximum Gasteiger partial charge on any atom is 0.218 e. The SMILES string of the molecule is CC1(C)COP2(=S)N(C(C)(C)C)P(=S)(OCC(C)(C)COP3(=S)N(C(C)(C)C)P(=S)(OC1)N3C(C)(C)C)N2C(C)(C)C.CC1(C)COP2(=S)N(C(C)(C)C)P(=S)(OCC(C)(C)COP3(=S)N(C(C)(C)C)P(=S)(OC1)N3C(C)(C)C)N2C(C)(C)C. The molecule has 32 heteroatoms. The minimum atomic E-state index is -2.72. The third-order valence-corrected chi connectivity index (χ3v) is 62.4. The van der Waals surface area contributed by atoms with Crippen molar-refractivity contribution in [2.75, 3.05) is 52.9 Å². The molecule has 0 amide bonds. The minimum Gasteiger partial charge on any atom is -0.325 e. The Morgan fingerprint density at radius 1 is 0.202 bits per heavy atom. The van der Waals surface area contributed by atoms with E-state index in [1.807, 2.05) is 0 Å². The third kappa shape index (κ3) is 15.1. The molecule has 8 bridgehead atoms. The quantitative estimate of drug-likeness (QED) is 0.215. The van der Waals surface area contributed by atoms with E-state index in [0.717, 1.165) is 0 Å². The van der Waals surface area contributed by atoms with Crippen molar-refractivity contribution in [2.45, 2.75) is 266 Å². The summed E-state index contributed by atoms with van der Waals surface area (Å²) in [6, 6.07) is 0. The molecule has 0 aromatic rings. The summed E-state index contributed by atoms with van der Waals surface area (Å²) < 4.78 is 72.9. The zero-order valence-corrected chi connectivity index (χ0v) is 71.0.